The molecule has 0 aliphatic rings. The predicted molar refractivity (Wildman–Crippen MR) is 160 cm³/mol. The van der Waals surface area contributed by atoms with Gasteiger partial charge in [0.1, 0.15) is 16.5 Å². The fourth-order valence-electron chi connectivity index (χ4n) is 5.18. The Kier molecular flexibility index (Phi) is 8.75. The summed E-state index contributed by atoms with van der Waals surface area (Å²) < 4.78 is 128. The molecule has 7 nitrogen and oxygen atoms in total. The molecule has 0 bridgehead atoms. The molecule has 1 aromatic heterocycles. The van der Waals surface area contributed by atoms with Crippen molar-refractivity contribution >= 4 is 38.3 Å². The molecule has 47 heavy (non-hydrogen) atoms. The van der Waals surface area contributed by atoms with Crippen molar-refractivity contribution in [2.75, 3.05) is 11.4 Å². The van der Waals surface area contributed by atoms with Gasteiger partial charge in [-0.25, -0.2) is 43.9 Å². The van der Waals surface area contributed by atoms with Crippen molar-refractivity contribution in [3.05, 3.63) is 110 Å². The van der Waals surface area contributed by atoms with Crippen LogP contribution in [0, 0.1) is 29.1 Å². The van der Waals surface area contributed by atoms with Crippen LogP contribution in [0.25, 0.3) is 27.7 Å². The number of aromatic nitrogens is 2. The van der Waals surface area contributed by atoms with E-state index >= 15 is 4.39 Å². The van der Waals surface area contributed by atoms with E-state index in [4.69, 9.17) is 11.6 Å². The van der Waals surface area contributed by atoms with Crippen LogP contribution in [-0.4, -0.2) is 30.1 Å². The minimum atomic E-state index is -5.78. The van der Waals surface area contributed by atoms with Crippen molar-refractivity contribution in [2.24, 2.45) is 0 Å². The number of sulfonamides is 1. The van der Waals surface area contributed by atoms with Gasteiger partial charge in [0.15, 0.2) is 29.1 Å². The quantitative estimate of drug-likeness (QED) is 0.106. The average molecular weight is 700 g/mol. The number of phenolic OH excluding ortho intramolecular Hbond substituents is 1. The second-order valence-electron chi connectivity index (χ2n) is 10.5. The molecule has 0 saturated heterocycles. The lowest BCUT2D eigenvalue weighted by Crippen LogP contribution is -2.33. The first-order valence-electron chi connectivity index (χ1n) is 13.5. The molecule has 16 heteroatoms. The maximum atomic E-state index is 15.0. The Morgan fingerprint density at radius 3 is 2.17 bits per heavy atom. The second-order valence-corrected chi connectivity index (χ2v) is 12.8. The summed E-state index contributed by atoms with van der Waals surface area (Å²) in [5.74, 6) is -13.2. The van der Waals surface area contributed by atoms with E-state index in [1.54, 1.807) is 18.2 Å². The monoisotopic (exact) mass is 699 g/mol. The molecular formula is C31H21ClF7N3O4S. The minimum absolute atomic E-state index is 0.00702. The molecule has 0 saturated carbocycles. The van der Waals surface area contributed by atoms with Gasteiger partial charge >= 0.3 is 5.69 Å². The smallest absolute Gasteiger partial charge is 0.354 e. The van der Waals surface area contributed by atoms with Gasteiger partial charge in [0.2, 0.25) is 0 Å². The highest BCUT2D eigenvalue weighted by molar-refractivity contribution is 7.92. The topological polar surface area (TPSA) is 92.5 Å². The summed E-state index contributed by atoms with van der Waals surface area (Å²) in [6.45, 7) is 3.62. The summed E-state index contributed by atoms with van der Waals surface area (Å²) in [6, 6.07) is 12.0. The van der Waals surface area contributed by atoms with Crippen molar-refractivity contribution in [2.45, 2.75) is 31.1 Å². The Balaban J connectivity index is 1.91. The lowest BCUT2D eigenvalue weighted by Gasteiger charge is -2.24. The van der Waals surface area contributed by atoms with Crippen molar-refractivity contribution in [3.63, 3.8) is 0 Å². The highest BCUT2D eigenvalue weighted by Crippen LogP contribution is 2.42. The van der Waals surface area contributed by atoms with Crippen LogP contribution in [0.2, 0.25) is 5.02 Å². The van der Waals surface area contributed by atoms with Crippen LogP contribution in [0.15, 0.2) is 64.3 Å². The van der Waals surface area contributed by atoms with E-state index in [-0.39, 0.29) is 37.4 Å². The highest BCUT2D eigenvalue weighted by Gasteiger charge is 2.40. The summed E-state index contributed by atoms with van der Waals surface area (Å²) in [5.41, 5.74) is -3.40. The van der Waals surface area contributed by atoms with Crippen LogP contribution in [-0.2, 0) is 10.0 Å². The number of anilines is 1. The second kappa shape index (κ2) is 12.2. The maximum absolute atomic E-state index is 15.0. The van der Waals surface area contributed by atoms with Gasteiger partial charge in [-0.3, -0.25) is 8.87 Å². The molecule has 0 aliphatic carbocycles. The number of hydrogen-bond acceptors (Lipinski definition) is 5. The Morgan fingerprint density at radius 2 is 1.55 bits per heavy atom. The molecule has 0 amide bonds. The van der Waals surface area contributed by atoms with E-state index in [0.29, 0.717) is 12.6 Å². The zero-order valence-electron chi connectivity index (χ0n) is 24.3. The zero-order valence-corrected chi connectivity index (χ0v) is 25.9. The number of benzene rings is 4. The molecule has 5 aromatic rings. The number of aromatic hydroxyl groups is 1. The third kappa shape index (κ3) is 5.46. The fraction of sp³-hybridized carbons (Fsp3) is 0.161. The highest BCUT2D eigenvalue weighted by atomic mass is 35.5. The van der Waals surface area contributed by atoms with Crippen LogP contribution >= 0.6 is 11.6 Å². The minimum Gasteiger partial charge on any atom is -0.507 e. The van der Waals surface area contributed by atoms with E-state index in [1.807, 2.05) is 13.8 Å². The van der Waals surface area contributed by atoms with E-state index in [0.717, 1.165) is 28.8 Å². The number of alkyl halides is 2. The van der Waals surface area contributed by atoms with Gasteiger partial charge in [0.25, 0.3) is 16.4 Å². The lowest BCUT2D eigenvalue weighted by atomic mass is 9.99. The molecule has 4 aromatic carbocycles. The van der Waals surface area contributed by atoms with Crippen molar-refractivity contribution in [3.8, 4) is 22.6 Å². The first kappa shape index (κ1) is 33.7. The van der Waals surface area contributed by atoms with E-state index in [9.17, 15) is 44.7 Å². The molecule has 1 N–H and O–H groups in total. The molecule has 0 radical (unpaired) electrons. The third-order valence-electron chi connectivity index (χ3n) is 7.41. The van der Waals surface area contributed by atoms with E-state index in [2.05, 4.69) is 4.98 Å². The first-order valence-corrected chi connectivity index (χ1v) is 15.3. The fourth-order valence-corrected chi connectivity index (χ4v) is 6.85. The molecule has 0 unspecified atom stereocenters. The molecule has 0 atom stereocenters. The zero-order chi connectivity index (χ0) is 34.7. The van der Waals surface area contributed by atoms with Gasteiger partial charge in [-0.1, -0.05) is 49.7 Å². The standard InChI is InChI=1S/C31H21ClF7N3O4S/c1-13(2)14-7-4-5-9-19(14)42-20-12-15(22-18(33)8-6-10-21(22)43)17(32)11-16(20)30(40-31(42)44)41(3)47(45,46)28-23(29(38)39)24(34)25(35)26(36)27(28)37/h4-13,29,43H,1-3H3. The van der Waals surface area contributed by atoms with Gasteiger partial charge in [0, 0.05) is 23.0 Å². The van der Waals surface area contributed by atoms with E-state index in [1.165, 1.54) is 12.1 Å². The Morgan fingerprint density at radius 1 is 0.915 bits per heavy atom. The average Bonchev–Trinajstić information content (AvgIpc) is 3.01. The SMILES string of the molecule is CC(C)c1ccccc1-n1c(=O)nc(N(C)S(=O)(=O)c2c(F)c(F)c(F)c(F)c2C(F)F)c2cc(Cl)c(-c3c(O)cccc3F)cc21. The van der Waals surface area contributed by atoms with Crippen LogP contribution < -0.4 is 9.99 Å². The molecule has 0 aliphatic heterocycles. The summed E-state index contributed by atoms with van der Waals surface area (Å²) in [4.78, 5) is 15.4. The number of nitrogens with zero attached hydrogens (tertiary/aromatic N) is 3. The number of hydrogen-bond donors (Lipinski definition) is 1. The van der Waals surface area contributed by atoms with Crippen LogP contribution in [0.1, 0.15) is 37.3 Å². The maximum Gasteiger partial charge on any atom is 0.354 e. The Hall–Kier alpha value is -4.63. The molecule has 0 fully saturated rings. The van der Waals surface area contributed by atoms with Crippen LogP contribution in [0.5, 0.6) is 5.75 Å². The van der Waals surface area contributed by atoms with Crippen molar-refractivity contribution in [1.29, 1.82) is 0 Å². The van der Waals surface area contributed by atoms with Crippen molar-refractivity contribution < 1.29 is 44.3 Å². The number of fused-ring (bicyclic) bond motifs is 1. The largest absolute Gasteiger partial charge is 0.507 e. The molecule has 5 rings (SSSR count). The summed E-state index contributed by atoms with van der Waals surface area (Å²) in [5, 5.41) is 9.84. The lowest BCUT2D eigenvalue weighted by molar-refractivity contribution is 0.139. The molecule has 1 heterocycles. The summed E-state index contributed by atoms with van der Waals surface area (Å²) >= 11 is 6.50. The van der Waals surface area contributed by atoms with Crippen LogP contribution in [0.4, 0.5) is 36.6 Å². The summed E-state index contributed by atoms with van der Waals surface area (Å²) in [7, 11) is -5.15. The van der Waals surface area contributed by atoms with E-state index < -0.39 is 78.8 Å². The predicted octanol–water partition coefficient (Wildman–Crippen LogP) is 7.99. The van der Waals surface area contributed by atoms with Gasteiger partial charge in [-0.2, -0.15) is 4.98 Å². The Bertz CT molecular complexity index is 2240. The molecule has 0 spiro atoms. The third-order valence-corrected chi connectivity index (χ3v) is 9.54. The van der Waals surface area contributed by atoms with Gasteiger partial charge in [-0.15, -0.1) is 0 Å². The Labute approximate surface area is 267 Å². The molecular weight excluding hydrogens is 679 g/mol. The summed E-state index contributed by atoms with van der Waals surface area (Å²) in [6.07, 6.45) is -4.13. The normalized spacial score (nSPS) is 12.0. The number of rotatable bonds is 7. The first-order chi connectivity index (χ1) is 22.0. The molecule has 246 valence electrons. The van der Waals surface area contributed by atoms with Crippen molar-refractivity contribution in [1.82, 2.24) is 9.55 Å². The number of phenols is 1. The van der Waals surface area contributed by atoms with Gasteiger partial charge in [0.05, 0.1) is 22.3 Å². The van der Waals surface area contributed by atoms with Crippen LogP contribution in [0.3, 0.4) is 0 Å². The van der Waals surface area contributed by atoms with Gasteiger partial charge < -0.3 is 5.11 Å². The number of halogens is 8. The van der Waals surface area contributed by atoms with Gasteiger partial charge in [-0.05, 0) is 41.8 Å². The number of para-hydroxylation sites is 1.